The summed E-state index contributed by atoms with van der Waals surface area (Å²) in [6.07, 6.45) is 8.48. The van der Waals surface area contributed by atoms with Crippen LogP contribution in [0.1, 0.15) is 59.3 Å². The third-order valence-corrected chi connectivity index (χ3v) is 4.35. The first-order valence-electron chi connectivity index (χ1n) is 7.34. The number of carbonyl (C=O) groups is 1. The van der Waals surface area contributed by atoms with Crippen molar-refractivity contribution in [2.24, 2.45) is 11.3 Å². The predicted molar refractivity (Wildman–Crippen MR) is 73.2 cm³/mol. The SMILES string of the molecule is CCC(C)CN(CC)CC1(C=O)CCCCC1. The standard InChI is InChI=1S/C15H29NO/c1-4-14(3)11-16(5-2)12-15(13-17)9-7-6-8-10-15/h13-14H,4-12H2,1-3H3. The van der Waals surface area contributed by atoms with Crippen LogP contribution in [0.4, 0.5) is 0 Å². The van der Waals surface area contributed by atoms with E-state index in [1.165, 1.54) is 32.0 Å². The molecule has 0 heterocycles. The molecule has 0 spiro atoms. The average molecular weight is 239 g/mol. The lowest BCUT2D eigenvalue weighted by Crippen LogP contribution is -2.41. The van der Waals surface area contributed by atoms with Gasteiger partial charge in [-0.2, -0.15) is 0 Å². The monoisotopic (exact) mass is 239 g/mol. The van der Waals surface area contributed by atoms with Gasteiger partial charge in [-0.15, -0.1) is 0 Å². The second-order valence-corrected chi connectivity index (χ2v) is 5.88. The quantitative estimate of drug-likeness (QED) is 0.634. The number of aldehydes is 1. The second-order valence-electron chi connectivity index (χ2n) is 5.88. The molecule has 100 valence electrons. The lowest BCUT2D eigenvalue weighted by Gasteiger charge is -2.37. The van der Waals surface area contributed by atoms with Crippen LogP contribution in [0.3, 0.4) is 0 Å². The van der Waals surface area contributed by atoms with Gasteiger partial charge in [0, 0.05) is 18.5 Å². The molecule has 0 aromatic carbocycles. The van der Waals surface area contributed by atoms with Crippen LogP contribution in [-0.2, 0) is 4.79 Å². The van der Waals surface area contributed by atoms with Gasteiger partial charge in [-0.1, -0.05) is 46.5 Å². The molecule has 0 aromatic heterocycles. The molecule has 0 N–H and O–H groups in total. The van der Waals surface area contributed by atoms with E-state index in [9.17, 15) is 4.79 Å². The van der Waals surface area contributed by atoms with Gasteiger partial charge in [0.1, 0.15) is 6.29 Å². The van der Waals surface area contributed by atoms with Gasteiger partial charge in [0.25, 0.3) is 0 Å². The van der Waals surface area contributed by atoms with Crippen molar-refractivity contribution in [3.63, 3.8) is 0 Å². The van der Waals surface area contributed by atoms with Gasteiger partial charge in [-0.25, -0.2) is 0 Å². The molecule has 1 fully saturated rings. The highest BCUT2D eigenvalue weighted by Crippen LogP contribution is 2.35. The van der Waals surface area contributed by atoms with Gasteiger partial charge in [0.2, 0.25) is 0 Å². The maximum Gasteiger partial charge on any atom is 0.127 e. The smallest absolute Gasteiger partial charge is 0.127 e. The Balaban J connectivity index is 2.54. The Labute approximate surface area is 107 Å². The number of hydrogen-bond donors (Lipinski definition) is 0. The summed E-state index contributed by atoms with van der Waals surface area (Å²) in [7, 11) is 0. The van der Waals surface area contributed by atoms with E-state index in [1.54, 1.807) is 0 Å². The Hall–Kier alpha value is -0.370. The van der Waals surface area contributed by atoms with Gasteiger partial charge in [0.15, 0.2) is 0 Å². The fourth-order valence-electron chi connectivity index (χ4n) is 2.89. The van der Waals surface area contributed by atoms with Crippen molar-refractivity contribution in [2.75, 3.05) is 19.6 Å². The first-order chi connectivity index (χ1) is 8.15. The minimum Gasteiger partial charge on any atom is -0.303 e. The Morgan fingerprint density at radius 1 is 1.24 bits per heavy atom. The van der Waals surface area contributed by atoms with Gasteiger partial charge < -0.3 is 9.69 Å². The summed E-state index contributed by atoms with van der Waals surface area (Å²) in [5, 5.41) is 0. The molecular formula is C15H29NO. The number of rotatable bonds is 7. The highest BCUT2D eigenvalue weighted by atomic mass is 16.1. The highest BCUT2D eigenvalue weighted by molar-refractivity contribution is 5.60. The van der Waals surface area contributed by atoms with Crippen LogP contribution in [0.15, 0.2) is 0 Å². The molecule has 0 radical (unpaired) electrons. The van der Waals surface area contributed by atoms with Crippen molar-refractivity contribution in [3.8, 4) is 0 Å². The van der Waals surface area contributed by atoms with Crippen LogP contribution in [0, 0.1) is 11.3 Å². The lowest BCUT2D eigenvalue weighted by atomic mass is 9.75. The summed E-state index contributed by atoms with van der Waals surface area (Å²) >= 11 is 0. The molecule has 1 aliphatic carbocycles. The van der Waals surface area contributed by atoms with Gasteiger partial charge in [-0.3, -0.25) is 0 Å². The van der Waals surface area contributed by atoms with Crippen molar-refractivity contribution in [2.45, 2.75) is 59.3 Å². The van der Waals surface area contributed by atoms with Gasteiger partial charge in [0.05, 0.1) is 0 Å². The Morgan fingerprint density at radius 3 is 2.35 bits per heavy atom. The summed E-state index contributed by atoms with van der Waals surface area (Å²) in [5.74, 6) is 0.738. The molecular weight excluding hydrogens is 210 g/mol. The second kappa shape index (κ2) is 7.15. The average Bonchev–Trinajstić information content (AvgIpc) is 2.38. The molecule has 0 aliphatic heterocycles. The summed E-state index contributed by atoms with van der Waals surface area (Å²) in [4.78, 5) is 13.9. The molecule has 1 rings (SSSR count). The van der Waals surface area contributed by atoms with Gasteiger partial charge in [-0.05, 0) is 25.3 Å². The third kappa shape index (κ3) is 4.42. The molecule has 1 saturated carbocycles. The van der Waals surface area contributed by atoms with Crippen molar-refractivity contribution in [1.82, 2.24) is 4.90 Å². The molecule has 0 amide bonds. The molecule has 0 aromatic rings. The highest BCUT2D eigenvalue weighted by Gasteiger charge is 2.33. The zero-order chi connectivity index (χ0) is 12.7. The van der Waals surface area contributed by atoms with Crippen LogP contribution >= 0.6 is 0 Å². The van der Waals surface area contributed by atoms with Crippen LogP contribution in [0.2, 0.25) is 0 Å². The molecule has 0 saturated heterocycles. The summed E-state index contributed by atoms with van der Waals surface area (Å²) in [5.41, 5.74) is -0.0261. The molecule has 17 heavy (non-hydrogen) atoms. The Morgan fingerprint density at radius 2 is 1.88 bits per heavy atom. The van der Waals surface area contributed by atoms with Crippen molar-refractivity contribution in [3.05, 3.63) is 0 Å². The van der Waals surface area contributed by atoms with Crippen molar-refractivity contribution in [1.29, 1.82) is 0 Å². The van der Waals surface area contributed by atoms with E-state index in [4.69, 9.17) is 0 Å². The number of hydrogen-bond acceptors (Lipinski definition) is 2. The summed E-state index contributed by atoms with van der Waals surface area (Å²) < 4.78 is 0. The Kier molecular flexibility index (Phi) is 6.18. The largest absolute Gasteiger partial charge is 0.303 e. The number of nitrogens with zero attached hydrogens (tertiary/aromatic N) is 1. The van der Waals surface area contributed by atoms with Crippen LogP contribution < -0.4 is 0 Å². The normalized spacial score (nSPS) is 21.4. The minimum atomic E-state index is -0.0261. The maximum absolute atomic E-state index is 11.5. The van der Waals surface area contributed by atoms with E-state index in [0.717, 1.165) is 38.4 Å². The van der Waals surface area contributed by atoms with E-state index in [1.807, 2.05) is 0 Å². The predicted octanol–water partition coefficient (Wildman–Crippen LogP) is 3.50. The molecule has 1 unspecified atom stereocenters. The first kappa shape index (κ1) is 14.7. The van der Waals surface area contributed by atoms with Crippen molar-refractivity contribution >= 4 is 6.29 Å². The molecule has 1 aliphatic rings. The van der Waals surface area contributed by atoms with E-state index >= 15 is 0 Å². The van der Waals surface area contributed by atoms with E-state index < -0.39 is 0 Å². The first-order valence-corrected chi connectivity index (χ1v) is 7.34. The fourth-order valence-corrected chi connectivity index (χ4v) is 2.89. The van der Waals surface area contributed by atoms with E-state index in [2.05, 4.69) is 25.7 Å². The summed E-state index contributed by atoms with van der Waals surface area (Å²) in [6, 6.07) is 0. The van der Waals surface area contributed by atoms with Crippen molar-refractivity contribution < 1.29 is 4.79 Å². The fraction of sp³-hybridized carbons (Fsp3) is 0.933. The Bertz CT molecular complexity index is 221. The molecule has 2 heteroatoms. The van der Waals surface area contributed by atoms with E-state index in [-0.39, 0.29) is 5.41 Å². The molecule has 0 bridgehead atoms. The molecule has 2 nitrogen and oxygen atoms in total. The number of carbonyl (C=O) groups excluding carboxylic acids is 1. The topological polar surface area (TPSA) is 20.3 Å². The van der Waals surface area contributed by atoms with Crippen LogP contribution in [0.25, 0.3) is 0 Å². The summed E-state index contributed by atoms with van der Waals surface area (Å²) in [6.45, 7) is 9.95. The minimum absolute atomic E-state index is 0.0261. The zero-order valence-electron chi connectivity index (χ0n) is 11.9. The van der Waals surface area contributed by atoms with E-state index in [0.29, 0.717) is 0 Å². The molecule has 1 atom stereocenters. The van der Waals surface area contributed by atoms with Crippen LogP contribution in [-0.4, -0.2) is 30.8 Å². The maximum atomic E-state index is 11.5. The van der Waals surface area contributed by atoms with Crippen LogP contribution in [0.5, 0.6) is 0 Å². The lowest BCUT2D eigenvalue weighted by molar-refractivity contribution is -0.119. The third-order valence-electron chi connectivity index (χ3n) is 4.35. The van der Waals surface area contributed by atoms with Gasteiger partial charge >= 0.3 is 0 Å². The zero-order valence-corrected chi connectivity index (χ0v) is 11.9.